The summed E-state index contributed by atoms with van der Waals surface area (Å²) in [6.07, 6.45) is 6.74. The Kier molecular flexibility index (Phi) is 1.97. The van der Waals surface area contributed by atoms with Gasteiger partial charge in [0.1, 0.15) is 5.76 Å². The second-order valence-corrected chi connectivity index (χ2v) is 6.57. The number of fused-ring (bicyclic) bond motifs is 3. The Hall–Kier alpha value is -0.800. The average Bonchev–Trinajstić information content (AvgIpc) is 3.09. The van der Waals surface area contributed by atoms with Crippen molar-refractivity contribution in [2.45, 2.75) is 69.9 Å². The molecule has 18 heavy (non-hydrogen) atoms. The Labute approximate surface area is 107 Å². The second kappa shape index (κ2) is 3.20. The standard InChI is InChI=1S/C15H20O3/c1-9-8-16-11-7-15(3)13(18-15)6-12-14(2,17-12)5-4-10(9)11/h8,12-13H,4-7H2,1-3H3. The van der Waals surface area contributed by atoms with Crippen molar-refractivity contribution < 1.29 is 13.9 Å². The smallest absolute Gasteiger partial charge is 0.110 e. The molecule has 0 N–H and O–H groups in total. The van der Waals surface area contributed by atoms with E-state index in [2.05, 4.69) is 20.8 Å². The quantitative estimate of drug-likeness (QED) is 0.663. The SMILES string of the molecule is Cc1coc2c1CCC1(C)OC1CC1OC1(C)C2. The van der Waals surface area contributed by atoms with Gasteiger partial charge in [0.15, 0.2) is 0 Å². The fourth-order valence-electron chi connectivity index (χ4n) is 3.45. The van der Waals surface area contributed by atoms with E-state index < -0.39 is 0 Å². The van der Waals surface area contributed by atoms with Crippen molar-refractivity contribution in [3.63, 3.8) is 0 Å². The van der Waals surface area contributed by atoms with Gasteiger partial charge in [0.25, 0.3) is 0 Å². The molecule has 0 radical (unpaired) electrons. The molecule has 4 rings (SSSR count). The van der Waals surface area contributed by atoms with Crippen LogP contribution in [0.1, 0.15) is 43.6 Å². The van der Waals surface area contributed by atoms with Gasteiger partial charge in [-0.3, -0.25) is 0 Å². The second-order valence-electron chi connectivity index (χ2n) is 6.57. The summed E-state index contributed by atoms with van der Waals surface area (Å²) in [7, 11) is 0. The Balaban J connectivity index is 1.70. The van der Waals surface area contributed by atoms with E-state index in [0.29, 0.717) is 12.2 Å². The molecule has 1 aromatic rings. The molecule has 2 fully saturated rings. The molecule has 1 aromatic heterocycles. The van der Waals surface area contributed by atoms with Gasteiger partial charge in [0.2, 0.25) is 0 Å². The zero-order valence-corrected chi connectivity index (χ0v) is 11.3. The Bertz CT molecular complexity index is 506. The van der Waals surface area contributed by atoms with Crippen molar-refractivity contribution in [3.05, 3.63) is 23.2 Å². The maximum atomic E-state index is 5.90. The predicted octanol–water partition coefficient (Wildman–Crippen LogP) is 2.78. The van der Waals surface area contributed by atoms with Crippen molar-refractivity contribution in [1.29, 1.82) is 0 Å². The first-order valence-electron chi connectivity index (χ1n) is 6.92. The van der Waals surface area contributed by atoms with Gasteiger partial charge in [-0.05, 0) is 44.7 Å². The van der Waals surface area contributed by atoms with Gasteiger partial charge < -0.3 is 13.9 Å². The molecular weight excluding hydrogens is 228 g/mol. The summed E-state index contributed by atoms with van der Waals surface area (Å²) in [6, 6.07) is 0. The molecule has 2 aliphatic heterocycles. The highest BCUT2D eigenvalue weighted by molar-refractivity contribution is 5.30. The summed E-state index contributed by atoms with van der Waals surface area (Å²) in [4.78, 5) is 0. The first-order chi connectivity index (χ1) is 8.50. The normalized spacial score (nSPS) is 45.7. The lowest BCUT2D eigenvalue weighted by atomic mass is 9.88. The molecule has 4 atom stereocenters. The molecular formula is C15H20O3. The molecule has 98 valence electrons. The highest BCUT2D eigenvalue weighted by Crippen LogP contribution is 2.51. The minimum atomic E-state index is -0.0246. The van der Waals surface area contributed by atoms with E-state index in [4.69, 9.17) is 13.9 Å². The summed E-state index contributed by atoms with van der Waals surface area (Å²) in [5.41, 5.74) is 2.70. The van der Waals surface area contributed by atoms with E-state index in [-0.39, 0.29) is 11.2 Å². The first kappa shape index (κ1) is 11.1. The minimum absolute atomic E-state index is 0.0246. The van der Waals surface area contributed by atoms with Crippen LogP contribution in [-0.4, -0.2) is 23.4 Å². The van der Waals surface area contributed by atoms with Crippen LogP contribution in [0.25, 0.3) is 0 Å². The lowest BCUT2D eigenvalue weighted by Crippen LogP contribution is -2.20. The van der Waals surface area contributed by atoms with Gasteiger partial charge >= 0.3 is 0 Å². The number of aryl methyl sites for hydroxylation is 1. The number of epoxide rings is 2. The summed E-state index contributed by atoms with van der Waals surface area (Å²) in [5, 5.41) is 0. The maximum absolute atomic E-state index is 5.90. The van der Waals surface area contributed by atoms with E-state index in [1.807, 2.05) is 6.26 Å². The van der Waals surface area contributed by atoms with E-state index in [1.54, 1.807) is 0 Å². The van der Waals surface area contributed by atoms with Crippen LogP contribution in [-0.2, 0) is 22.3 Å². The fraction of sp³-hybridized carbons (Fsp3) is 0.733. The van der Waals surface area contributed by atoms with Gasteiger partial charge in [-0.2, -0.15) is 0 Å². The summed E-state index contributed by atoms with van der Waals surface area (Å²) >= 11 is 0. The highest BCUT2D eigenvalue weighted by atomic mass is 16.6. The van der Waals surface area contributed by atoms with Crippen LogP contribution in [0.15, 0.2) is 10.7 Å². The zero-order valence-electron chi connectivity index (χ0n) is 11.3. The molecule has 2 saturated heterocycles. The molecule has 3 nitrogen and oxygen atoms in total. The predicted molar refractivity (Wildman–Crippen MR) is 66.6 cm³/mol. The van der Waals surface area contributed by atoms with Crippen LogP contribution in [0, 0.1) is 6.92 Å². The fourth-order valence-corrected chi connectivity index (χ4v) is 3.45. The molecule has 3 heterocycles. The van der Waals surface area contributed by atoms with Crippen LogP contribution in [0.3, 0.4) is 0 Å². The molecule has 0 saturated carbocycles. The van der Waals surface area contributed by atoms with E-state index in [0.717, 1.165) is 31.4 Å². The molecule has 0 spiro atoms. The zero-order chi connectivity index (χ0) is 12.5. The Morgan fingerprint density at radius 3 is 2.72 bits per heavy atom. The van der Waals surface area contributed by atoms with Crippen LogP contribution in [0.2, 0.25) is 0 Å². The summed E-state index contributed by atoms with van der Waals surface area (Å²) in [6.45, 7) is 6.56. The van der Waals surface area contributed by atoms with Crippen LogP contribution in [0.4, 0.5) is 0 Å². The van der Waals surface area contributed by atoms with Gasteiger partial charge in [-0.1, -0.05) is 0 Å². The van der Waals surface area contributed by atoms with Crippen LogP contribution < -0.4 is 0 Å². The van der Waals surface area contributed by atoms with Crippen molar-refractivity contribution in [2.75, 3.05) is 0 Å². The Morgan fingerprint density at radius 2 is 1.89 bits per heavy atom. The third-order valence-electron chi connectivity index (χ3n) is 5.07. The topological polar surface area (TPSA) is 38.2 Å². The number of ether oxygens (including phenoxy) is 2. The van der Waals surface area contributed by atoms with Gasteiger partial charge in [-0.15, -0.1) is 0 Å². The molecule has 3 aliphatic rings. The number of furan rings is 1. The highest BCUT2D eigenvalue weighted by Gasteiger charge is 2.61. The van der Waals surface area contributed by atoms with Gasteiger partial charge in [0.05, 0.1) is 29.7 Å². The molecule has 0 aromatic carbocycles. The molecule has 4 unspecified atom stereocenters. The average molecular weight is 248 g/mol. The molecule has 0 bridgehead atoms. The van der Waals surface area contributed by atoms with Crippen molar-refractivity contribution in [1.82, 2.24) is 0 Å². The summed E-state index contributed by atoms with van der Waals surface area (Å²) < 4.78 is 17.5. The summed E-state index contributed by atoms with van der Waals surface area (Å²) in [5.74, 6) is 1.13. The third kappa shape index (κ3) is 1.50. The maximum Gasteiger partial charge on any atom is 0.110 e. The molecule has 0 amide bonds. The van der Waals surface area contributed by atoms with E-state index in [9.17, 15) is 0 Å². The van der Waals surface area contributed by atoms with E-state index >= 15 is 0 Å². The molecule has 1 aliphatic carbocycles. The minimum Gasteiger partial charge on any atom is -0.469 e. The van der Waals surface area contributed by atoms with Gasteiger partial charge in [0, 0.05) is 12.8 Å². The van der Waals surface area contributed by atoms with Crippen LogP contribution >= 0.6 is 0 Å². The number of hydrogen-bond donors (Lipinski definition) is 0. The largest absolute Gasteiger partial charge is 0.469 e. The number of hydrogen-bond acceptors (Lipinski definition) is 3. The van der Waals surface area contributed by atoms with Crippen molar-refractivity contribution in [3.8, 4) is 0 Å². The first-order valence-corrected chi connectivity index (χ1v) is 6.92. The Morgan fingerprint density at radius 1 is 1.17 bits per heavy atom. The van der Waals surface area contributed by atoms with E-state index in [1.165, 1.54) is 11.1 Å². The monoisotopic (exact) mass is 248 g/mol. The third-order valence-corrected chi connectivity index (χ3v) is 5.07. The number of rotatable bonds is 0. The van der Waals surface area contributed by atoms with Gasteiger partial charge in [-0.25, -0.2) is 0 Å². The lowest BCUT2D eigenvalue weighted by molar-refractivity contribution is 0.274. The van der Waals surface area contributed by atoms with Crippen molar-refractivity contribution in [2.24, 2.45) is 0 Å². The van der Waals surface area contributed by atoms with Crippen LogP contribution in [0.5, 0.6) is 0 Å². The lowest BCUT2D eigenvalue weighted by Gasteiger charge is -2.12. The van der Waals surface area contributed by atoms with Crippen molar-refractivity contribution >= 4 is 0 Å². The molecule has 3 heteroatoms.